The third kappa shape index (κ3) is 4.30. The molecule has 0 aromatic heterocycles. The number of carbonyl (C=O) groups excluding carboxylic acids is 1. The van der Waals surface area contributed by atoms with Crippen molar-refractivity contribution in [3.63, 3.8) is 0 Å². The molecule has 1 N–H and O–H groups in total. The summed E-state index contributed by atoms with van der Waals surface area (Å²) in [5.41, 5.74) is 0. The van der Waals surface area contributed by atoms with Gasteiger partial charge in [-0.15, -0.1) is 0 Å². The molecule has 0 bridgehead atoms. The molecule has 0 aromatic rings. The standard InChI is InChI=1S/C11H21NO/c1-2-3-4-5-9-11(13)12-10-7-6-8-10/h10H,2-9H2,1H3,(H,12,13). The largest absolute Gasteiger partial charge is 0.353 e. The Labute approximate surface area is 81.1 Å². The summed E-state index contributed by atoms with van der Waals surface area (Å²) in [6.07, 6.45) is 9.18. The van der Waals surface area contributed by atoms with Crippen LogP contribution in [0, 0.1) is 0 Å². The summed E-state index contributed by atoms with van der Waals surface area (Å²) >= 11 is 0. The maximum Gasteiger partial charge on any atom is 0.220 e. The van der Waals surface area contributed by atoms with Gasteiger partial charge in [-0.1, -0.05) is 26.2 Å². The van der Waals surface area contributed by atoms with Gasteiger partial charge in [-0.2, -0.15) is 0 Å². The number of amides is 1. The van der Waals surface area contributed by atoms with Crippen LogP contribution < -0.4 is 5.32 Å². The highest BCUT2D eigenvalue weighted by Crippen LogP contribution is 2.18. The van der Waals surface area contributed by atoms with Gasteiger partial charge in [-0.05, 0) is 25.7 Å². The van der Waals surface area contributed by atoms with Gasteiger partial charge in [0.1, 0.15) is 0 Å². The molecule has 1 rings (SSSR count). The van der Waals surface area contributed by atoms with Crippen molar-refractivity contribution in [2.24, 2.45) is 0 Å². The maximum absolute atomic E-state index is 11.3. The van der Waals surface area contributed by atoms with Crippen molar-refractivity contribution in [2.45, 2.75) is 64.3 Å². The lowest BCUT2D eigenvalue weighted by Gasteiger charge is -2.26. The van der Waals surface area contributed by atoms with E-state index in [0.717, 1.165) is 12.8 Å². The zero-order chi connectivity index (χ0) is 9.52. The van der Waals surface area contributed by atoms with Crippen molar-refractivity contribution < 1.29 is 4.79 Å². The summed E-state index contributed by atoms with van der Waals surface area (Å²) in [6, 6.07) is 0.513. The molecular weight excluding hydrogens is 162 g/mol. The van der Waals surface area contributed by atoms with E-state index in [2.05, 4.69) is 12.2 Å². The molecule has 0 aliphatic heterocycles. The first kappa shape index (κ1) is 10.6. The average molecular weight is 183 g/mol. The van der Waals surface area contributed by atoms with Crippen LogP contribution in [0.25, 0.3) is 0 Å². The number of hydrogen-bond donors (Lipinski definition) is 1. The number of nitrogens with one attached hydrogen (secondary N) is 1. The molecule has 2 nitrogen and oxygen atoms in total. The highest BCUT2D eigenvalue weighted by Gasteiger charge is 2.18. The number of rotatable bonds is 6. The fraction of sp³-hybridized carbons (Fsp3) is 0.909. The quantitative estimate of drug-likeness (QED) is 0.630. The van der Waals surface area contributed by atoms with Gasteiger partial charge < -0.3 is 5.32 Å². The molecule has 1 saturated carbocycles. The van der Waals surface area contributed by atoms with Gasteiger partial charge in [0.25, 0.3) is 0 Å². The zero-order valence-corrected chi connectivity index (χ0v) is 8.64. The minimum absolute atomic E-state index is 0.265. The number of unbranched alkanes of at least 4 members (excludes halogenated alkanes) is 3. The second-order valence-corrected chi connectivity index (χ2v) is 4.01. The Bertz CT molecular complexity index is 152. The van der Waals surface area contributed by atoms with Crippen LogP contribution in [0.1, 0.15) is 58.3 Å². The molecule has 0 atom stereocenters. The van der Waals surface area contributed by atoms with Gasteiger partial charge >= 0.3 is 0 Å². The summed E-state index contributed by atoms with van der Waals surface area (Å²) in [7, 11) is 0. The van der Waals surface area contributed by atoms with E-state index in [1.807, 2.05) is 0 Å². The summed E-state index contributed by atoms with van der Waals surface area (Å²) in [4.78, 5) is 11.3. The SMILES string of the molecule is CCCCCCC(=O)NC1CCC1. The van der Waals surface area contributed by atoms with E-state index in [4.69, 9.17) is 0 Å². The zero-order valence-electron chi connectivity index (χ0n) is 8.64. The van der Waals surface area contributed by atoms with Gasteiger partial charge in [0.15, 0.2) is 0 Å². The molecule has 76 valence electrons. The van der Waals surface area contributed by atoms with Crippen LogP contribution in [0.2, 0.25) is 0 Å². The van der Waals surface area contributed by atoms with E-state index in [1.165, 1.54) is 38.5 Å². The van der Waals surface area contributed by atoms with Gasteiger partial charge in [-0.25, -0.2) is 0 Å². The minimum Gasteiger partial charge on any atom is -0.353 e. The van der Waals surface area contributed by atoms with Gasteiger partial charge in [0.05, 0.1) is 0 Å². The molecule has 0 radical (unpaired) electrons. The maximum atomic E-state index is 11.3. The smallest absolute Gasteiger partial charge is 0.220 e. The lowest BCUT2D eigenvalue weighted by Crippen LogP contribution is -2.39. The fourth-order valence-corrected chi connectivity index (χ4v) is 1.56. The summed E-state index contributed by atoms with van der Waals surface area (Å²) in [5.74, 6) is 0.265. The van der Waals surface area contributed by atoms with Gasteiger partial charge in [-0.3, -0.25) is 4.79 Å². The molecule has 0 heterocycles. The van der Waals surface area contributed by atoms with E-state index in [9.17, 15) is 4.79 Å². The Kier molecular flexibility index (Phi) is 4.87. The number of hydrogen-bond acceptors (Lipinski definition) is 1. The van der Waals surface area contributed by atoms with E-state index in [-0.39, 0.29) is 5.91 Å². The number of carbonyl (C=O) groups is 1. The Hall–Kier alpha value is -0.530. The van der Waals surface area contributed by atoms with Crippen molar-refractivity contribution in [1.29, 1.82) is 0 Å². The van der Waals surface area contributed by atoms with E-state index in [1.54, 1.807) is 0 Å². The van der Waals surface area contributed by atoms with Gasteiger partial charge in [0.2, 0.25) is 5.91 Å². The predicted octanol–water partition coefficient (Wildman–Crippen LogP) is 2.63. The van der Waals surface area contributed by atoms with Crippen LogP contribution in [0.5, 0.6) is 0 Å². The molecule has 1 amide bonds. The van der Waals surface area contributed by atoms with Gasteiger partial charge in [0, 0.05) is 12.5 Å². The Morgan fingerprint density at radius 3 is 2.62 bits per heavy atom. The molecule has 0 spiro atoms. The first-order valence-corrected chi connectivity index (χ1v) is 5.62. The predicted molar refractivity (Wildman–Crippen MR) is 54.5 cm³/mol. The topological polar surface area (TPSA) is 29.1 Å². The van der Waals surface area contributed by atoms with Crippen LogP contribution >= 0.6 is 0 Å². The molecule has 2 heteroatoms. The first-order valence-electron chi connectivity index (χ1n) is 5.62. The summed E-state index contributed by atoms with van der Waals surface area (Å²) < 4.78 is 0. The van der Waals surface area contributed by atoms with E-state index < -0.39 is 0 Å². The van der Waals surface area contributed by atoms with Crippen LogP contribution in [0.3, 0.4) is 0 Å². The third-order valence-corrected chi connectivity index (χ3v) is 2.73. The first-order chi connectivity index (χ1) is 6.33. The lowest BCUT2D eigenvalue weighted by atomic mass is 9.93. The average Bonchev–Trinajstić information content (AvgIpc) is 2.06. The summed E-state index contributed by atoms with van der Waals surface area (Å²) in [5, 5.41) is 3.05. The van der Waals surface area contributed by atoms with Crippen LogP contribution in [-0.2, 0) is 4.79 Å². The van der Waals surface area contributed by atoms with Crippen molar-refractivity contribution >= 4 is 5.91 Å². The molecule has 13 heavy (non-hydrogen) atoms. The lowest BCUT2D eigenvalue weighted by molar-refractivity contribution is -0.122. The highest BCUT2D eigenvalue weighted by molar-refractivity contribution is 5.76. The normalized spacial score (nSPS) is 16.7. The van der Waals surface area contributed by atoms with Crippen LogP contribution in [-0.4, -0.2) is 11.9 Å². The molecule has 1 aliphatic rings. The Morgan fingerprint density at radius 2 is 2.08 bits per heavy atom. The van der Waals surface area contributed by atoms with E-state index in [0.29, 0.717) is 6.04 Å². The second kappa shape index (κ2) is 6.01. The van der Waals surface area contributed by atoms with Crippen molar-refractivity contribution in [3.8, 4) is 0 Å². The van der Waals surface area contributed by atoms with E-state index >= 15 is 0 Å². The molecule has 0 saturated heterocycles. The van der Waals surface area contributed by atoms with Crippen molar-refractivity contribution in [3.05, 3.63) is 0 Å². The fourth-order valence-electron chi connectivity index (χ4n) is 1.56. The minimum atomic E-state index is 0.265. The molecule has 0 unspecified atom stereocenters. The molecule has 0 aromatic carbocycles. The van der Waals surface area contributed by atoms with Crippen molar-refractivity contribution in [2.75, 3.05) is 0 Å². The van der Waals surface area contributed by atoms with Crippen LogP contribution in [0.4, 0.5) is 0 Å². The third-order valence-electron chi connectivity index (χ3n) is 2.73. The monoisotopic (exact) mass is 183 g/mol. The second-order valence-electron chi connectivity index (χ2n) is 4.01. The molecule has 1 aliphatic carbocycles. The summed E-state index contributed by atoms with van der Waals surface area (Å²) in [6.45, 7) is 2.19. The van der Waals surface area contributed by atoms with Crippen molar-refractivity contribution in [1.82, 2.24) is 5.32 Å². The molecular formula is C11H21NO. The Balaban J connectivity index is 1.91. The molecule has 1 fully saturated rings. The Morgan fingerprint density at radius 1 is 1.31 bits per heavy atom. The van der Waals surface area contributed by atoms with Crippen LogP contribution in [0.15, 0.2) is 0 Å². The highest BCUT2D eigenvalue weighted by atomic mass is 16.1.